The van der Waals surface area contributed by atoms with Gasteiger partial charge in [-0.25, -0.2) is 0 Å². The molecule has 0 saturated heterocycles. The van der Waals surface area contributed by atoms with Crippen molar-refractivity contribution >= 4 is 11.8 Å². The van der Waals surface area contributed by atoms with Crippen molar-refractivity contribution in [2.45, 2.75) is 39.7 Å². The van der Waals surface area contributed by atoms with Crippen molar-refractivity contribution in [3.05, 3.63) is 36.5 Å². The van der Waals surface area contributed by atoms with Crippen LogP contribution in [0.1, 0.15) is 33.6 Å². The highest BCUT2D eigenvalue weighted by Crippen LogP contribution is 2.59. The van der Waals surface area contributed by atoms with Gasteiger partial charge in [-0.1, -0.05) is 26.0 Å². The predicted molar refractivity (Wildman–Crippen MR) is 78.0 cm³/mol. The van der Waals surface area contributed by atoms with Gasteiger partial charge >= 0.3 is 5.97 Å². The zero-order valence-corrected chi connectivity index (χ0v) is 12.4. The van der Waals surface area contributed by atoms with Gasteiger partial charge in [0.1, 0.15) is 6.10 Å². The maximum absolute atomic E-state index is 12.2. The van der Waals surface area contributed by atoms with E-state index >= 15 is 0 Å². The first-order valence-corrected chi connectivity index (χ1v) is 7.01. The number of rotatable bonds is 5. The molecule has 3 atom stereocenters. The Kier molecular flexibility index (Phi) is 3.72. The number of ketones is 1. The number of hydrogen-bond acceptors (Lipinski definition) is 3. The molecule has 0 aliphatic heterocycles. The molecule has 0 heterocycles. The molecule has 0 N–H and O–H groups in total. The predicted octanol–water partition coefficient (Wildman–Crippen LogP) is 3.22. The second-order valence-electron chi connectivity index (χ2n) is 6.27. The minimum absolute atomic E-state index is 0.0653. The van der Waals surface area contributed by atoms with Gasteiger partial charge in [-0.05, 0) is 30.3 Å². The Hall–Kier alpha value is -1.64. The van der Waals surface area contributed by atoms with E-state index < -0.39 is 6.10 Å². The molecule has 1 fully saturated rings. The lowest BCUT2D eigenvalue weighted by atomic mass is 10.1. The van der Waals surface area contributed by atoms with Crippen LogP contribution in [0.2, 0.25) is 0 Å². The molecule has 0 amide bonds. The normalized spacial score (nSPS) is 31.1. The minimum Gasteiger partial charge on any atom is -0.457 e. The van der Waals surface area contributed by atoms with Crippen LogP contribution in [0.4, 0.5) is 0 Å². The second-order valence-corrected chi connectivity index (χ2v) is 6.27. The van der Waals surface area contributed by atoms with Gasteiger partial charge < -0.3 is 4.74 Å². The number of carbonyl (C=O) groups is 2. The number of Topliss-reactive ketones (excluding diaryl/α,β-unsaturated/α-hetero) is 1. The van der Waals surface area contributed by atoms with E-state index in [1.54, 1.807) is 6.08 Å². The molecule has 0 aromatic rings. The number of ether oxygens (including phenoxy) is 1. The quantitative estimate of drug-likeness (QED) is 0.571. The first-order valence-electron chi connectivity index (χ1n) is 7.01. The molecule has 0 aromatic heterocycles. The first-order chi connectivity index (χ1) is 9.34. The van der Waals surface area contributed by atoms with Gasteiger partial charge in [0, 0.05) is 5.57 Å². The molecule has 0 bridgehead atoms. The summed E-state index contributed by atoms with van der Waals surface area (Å²) in [6.07, 6.45) is 3.94. The van der Waals surface area contributed by atoms with Crippen LogP contribution < -0.4 is 0 Å². The molecule has 20 heavy (non-hydrogen) atoms. The molecular formula is C17H22O3. The molecule has 0 spiro atoms. The highest BCUT2D eigenvalue weighted by atomic mass is 16.5. The van der Waals surface area contributed by atoms with E-state index in [4.69, 9.17) is 4.74 Å². The van der Waals surface area contributed by atoms with Gasteiger partial charge in [0.15, 0.2) is 5.78 Å². The highest BCUT2D eigenvalue weighted by Gasteiger charge is 2.61. The molecule has 3 nitrogen and oxygen atoms in total. The van der Waals surface area contributed by atoms with Gasteiger partial charge in [0.25, 0.3) is 0 Å². The van der Waals surface area contributed by atoms with Crippen LogP contribution in [-0.4, -0.2) is 17.9 Å². The maximum atomic E-state index is 12.2. The van der Waals surface area contributed by atoms with Crippen molar-refractivity contribution in [2.24, 2.45) is 17.3 Å². The summed E-state index contributed by atoms with van der Waals surface area (Å²) >= 11 is 0. The number of esters is 1. The average molecular weight is 274 g/mol. The molecule has 0 radical (unpaired) electrons. The van der Waals surface area contributed by atoms with Crippen molar-refractivity contribution in [1.29, 1.82) is 0 Å². The van der Waals surface area contributed by atoms with E-state index in [-0.39, 0.29) is 35.4 Å². The van der Waals surface area contributed by atoms with Crippen LogP contribution >= 0.6 is 0 Å². The lowest BCUT2D eigenvalue weighted by molar-refractivity contribution is -0.150. The lowest BCUT2D eigenvalue weighted by Crippen LogP contribution is -2.20. The average Bonchev–Trinajstić information content (AvgIpc) is 2.85. The maximum Gasteiger partial charge on any atom is 0.310 e. The monoisotopic (exact) mass is 274 g/mol. The fraction of sp³-hybridized carbons (Fsp3) is 0.529. The molecule has 108 valence electrons. The van der Waals surface area contributed by atoms with Crippen molar-refractivity contribution < 1.29 is 14.3 Å². The summed E-state index contributed by atoms with van der Waals surface area (Å²) in [5, 5.41) is 0. The summed E-state index contributed by atoms with van der Waals surface area (Å²) in [5.41, 5.74) is 1.54. The third kappa shape index (κ3) is 2.26. The Morgan fingerprint density at radius 3 is 2.60 bits per heavy atom. The summed E-state index contributed by atoms with van der Waals surface area (Å²) < 4.78 is 5.56. The molecule has 2 rings (SSSR count). The van der Waals surface area contributed by atoms with Gasteiger partial charge in [-0.15, -0.1) is 13.2 Å². The van der Waals surface area contributed by atoms with Gasteiger partial charge in [0.05, 0.1) is 12.3 Å². The summed E-state index contributed by atoms with van der Waals surface area (Å²) in [5.74, 6) is -0.108. The van der Waals surface area contributed by atoms with E-state index in [0.717, 1.165) is 11.1 Å². The summed E-state index contributed by atoms with van der Waals surface area (Å²) in [7, 11) is 0. The number of carbonyl (C=O) groups excluding carboxylic acids is 2. The summed E-state index contributed by atoms with van der Waals surface area (Å²) in [4.78, 5) is 24.1. The van der Waals surface area contributed by atoms with Crippen molar-refractivity contribution in [2.75, 3.05) is 0 Å². The molecule has 3 heteroatoms. The fourth-order valence-electron chi connectivity index (χ4n) is 3.19. The van der Waals surface area contributed by atoms with Crippen LogP contribution in [0.5, 0.6) is 0 Å². The van der Waals surface area contributed by atoms with Crippen LogP contribution in [0, 0.1) is 17.3 Å². The Morgan fingerprint density at radius 2 is 2.10 bits per heavy atom. The van der Waals surface area contributed by atoms with E-state index in [1.807, 2.05) is 26.8 Å². The third-order valence-electron chi connectivity index (χ3n) is 4.69. The van der Waals surface area contributed by atoms with E-state index in [2.05, 4.69) is 13.2 Å². The van der Waals surface area contributed by atoms with E-state index in [0.29, 0.717) is 6.42 Å². The topological polar surface area (TPSA) is 43.4 Å². The van der Waals surface area contributed by atoms with Crippen molar-refractivity contribution in [1.82, 2.24) is 0 Å². The molecule has 2 aliphatic carbocycles. The van der Waals surface area contributed by atoms with E-state index in [9.17, 15) is 9.59 Å². The molecule has 0 aromatic carbocycles. The Morgan fingerprint density at radius 1 is 1.45 bits per heavy atom. The SMILES string of the molecule is C=CCC1=C(C)C(OC(=O)[C@@H]2[C@@H](C=C)C2(C)C)CC1=O. The van der Waals surface area contributed by atoms with Gasteiger partial charge in [-0.2, -0.15) is 0 Å². The van der Waals surface area contributed by atoms with Crippen LogP contribution in [0.25, 0.3) is 0 Å². The highest BCUT2D eigenvalue weighted by molar-refractivity contribution is 6.00. The standard InChI is InChI=1S/C17H22O3/c1-6-8-11-10(3)14(9-13(11)18)20-16(19)15-12(7-2)17(15,4)5/h6-7,12,14-15H,1-2,8-9H2,3-5H3/t12-,14?,15+/m1/s1. The van der Waals surface area contributed by atoms with Crippen molar-refractivity contribution in [3.8, 4) is 0 Å². The second kappa shape index (κ2) is 5.04. The largest absolute Gasteiger partial charge is 0.457 e. The molecular weight excluding hydrogens is 252 g/mol. The first kappa shape index (κ1) is 14.8. The smallest absolute Gasteiger partial charge is 0.310 e. The molecule has 1 unspecified atom stereocenters. The molecule has 2 aliphatic rings. The Bertz CT molecular complexity index is 510. The Balaban J connectivity index is 2.05. The van der Waals surface area contributed by atoms with Crippen LogP contribution in [0.3, 0.4) is 0 Å². The lowest BCUT2D eigenvalue weighted by Gasteiger charge is -2.13. The minimum atomic E-state index is -0.396. The third-order valence-corrected chi connectivity index (χ3v) is 4.69. The van der Waals surface area contributed by atoms with Crippen molar-refractivity contribution in [3.63, 3.8) is 0 Å². The number of allylic oxidation sites excluding steroid dienone is 3. The van der Waals surface area contributed by atoms with Crippen LogP contribution in [-0.2, 0) is 14.3 Å². The van der Waals surface area contributed by atoms with Gasteiger partial charge in [0.2, 0.25) is 0 Å². The van der Waals surface area contributed by atoms with Gasteiger partial charge in [-0.3, -0.25) is 9.59 Å². The zero-order chi connectivity index (χ0) is 15.1. The fourth-order valence-corrected chi connectivity index (χ4v) is 3.19. The molecule has 1 saturated carbocycles. The van der Waals surface area contributed by atoms with E-state index in [1.165, 1.54) is 0 Å². The summed E-state index contributed by atoms with van der Waals surface area (Å²) in [6.45, 7) is 13.4. The van der Waals surface area contributed by atoms with Crippen LogP contribution in [0.15, 0.2) is 36.5 Å². The Labute approximate surface area is 120 Å². The summed E-state index contributed by atoms with van der Waals surface area (Å²) in [6, 6.07) is 0. The zero-order valence-electron chi connectivity index (χ0n) is 12.4. The number of hydrogen-bond donors (Lipinski definition) is 0.